The van der Waals surface area contributed by atoms with Gasteiger partial charge in [0, 0.05) is 19.0 Å². The van der Waals surface area contributed by atoms with Crippen molar-refractivity contribution in [2.24, 2.45) is 7.05 Å². The van der Waals surface area contributed by atoms with Crippen LogP contribution >= 0.6 is 0 Å². The topological polar surface area (TPSA) is 122 Å². The molecule has 0 atom stereocenters. The molecular formula is C15H22N5O4S+. The van der Waals surface area contributed by atoms with Crippen molar-refractivity contribution < 1.29 is 23.0 Å². The maximum atomic E-state index is 12.3. The van der Waals surface area contributed by atoms with Crippen molar-refractivity contribution in [1.29, 1.82) is 0 Å². The molecule has 2 rings (SSSR count). The fraction of sp³-hybridized carbons (Fsp3) is 0.333. The molecule has 1 aromatic carbocycles. The Hall–Kier alpha value is -2.59. The van der Waals surface area contributed by atoms with Crippen LogP contribution < -0.4 is 20.1 Å². The molecule has 0 aliphatic rings. The molecule has 2 aromatic rings. The van der Waals surface area contributed by atoms with Crippen LogP contribution in [-0.2, 0) is 28.4 Å². The van der Waals surface area contributed by atoms with Gasteiger partial charge in [0.15, 0.2) is 0 Å². The van der Waals surface area contributed by atoms with Gasteiger partial charge in [-0.25, -0.2) is 17.6 Å². The van der Waals surface area contributed by atoms with E-state index in [2.05, 4.69) is 5.32 Å². The van der Waals surface area contributed by atoms with Crippen molar-refractivity contribution in [2.45, 2.75) is 19.9 Å². The predicted octanol–water partition coefficient (Wildman–Crippen LogP) is 0.469. The molecule has 0 saturated heterocycles. The molecule has 0 fully saturated rings. The lowest BCUT2D eigenvalue weighted by Gasteiger charge is -2.19. The summed E-state index contributed by atoms with van der Waals surface area (Å²) in [5.41, 5.74) is 6.19. The number of aromatic nitrogens is 2. The van der Waals surface area contributed by atoms with Gasteiger partial charge in [0.2, 0.25) is 12.2 Å². The van der Waals surface area contributed by atoms with Crippen molar-refractivity contribution in [1.82, 2.24) is 4.57 Å². The highest BCUT2D eigenvalue weighted by Crippen LogP contribution is 2.27. The molecule has 0 saturated carbocycles. The normalized spacial score (nSPS) is 11.3. The standard InChI is InChI=1S/C15H21N5O4S/c1-12(21)17-13-4-5-15(14(16)10-13)20(22)25(23,24)9-3-6-19-8-7-18(2)11-19/h4-5,7-8,10-11,22H,3,6,9,16H2,1-2H3/p+1. The van der Waals surface area contributed by atoms with Crippen molar-refractivity contribution >= 4 is 33.0 Å². The number of sulfonamides is 1. The van der Waals surface area contributed by atoms with Crippen LogP contribution in [0.4, 0.5) is 17.1 Å². The van der Waals surface area contributed by atoms with Crippen molar-refractivity contribution in [3.8, 4) is 0 Å². The number of imidazole rings is 1. The van der Waals surface area contributed by atoms with Crippen molar-refractivity contribution in [3.05, 3.63) is 36.9 Å². The fourth-order valence-corrected chi connectivity index (χ4v) is 3.44. The van der Waals surface area contributed by atoms with Crippen LogP contribution in [0.5, 0.6) is 0 Å². The van der Waals surface area contributed by atoms with Gasteiger partial charge in [-0.05, 0) is 18.2 Å². The Balaban J connectivity index is 2.04. The second-order valence-electron chi connectivity index (χ2n) is 5.68. The molecule has 1 heterocycles. The highest BCUT2D eigenvalue weighted by Gasteiger charge is 2.23. The van der Waals surface area contributed by atoms with E-state index in [9.17, 15) is 18.4 Å². The first-order chi connectivity index (χ1) is 11.7. The second kappa shape index (κ2) is 7.53. The number of hydrogen-bond donors (Lipinski definition) is 3. The van der Waals surface area contributed by atoms with Crippen molar-refractivity contribution in [3.63, 3.8) is 0 Å². The first kappa shape index (κ1) is 18.7. The van der Waals surface area contributed by atoms with Gasteiger partial charge in [-0.1, -0.05) is 0 Å². The minimum absolute atomic E-state index is 0.0368. The minimum Gasteiger partial charge on any atom is -0.397 e. The van der Waals surface area contributed by atoms with Gasteiger partial charge in [0.1, 0.15) is 18.1 Å². The Morgan fingerprint density at radius 3 is 2.72 bits per heavy atom. The third-order valence-corrected chi connectivity index (χ3v) is 4.99. The van der Waals surface area contributed by atoms with Crippen LogP contribution in [-0.4, -0.2) is 29.9 Å². The lowest BCUT2D eigenvalue weighted by molar-refractivity contribution is -0.671. The molecule has 0 unspecified atom stereocenters. The molecule has 4 N–H and O–H groups in total. The Bertz CT molecular complexity index is 863. The van der Waals surface area contributed by atoms with E-state index in [4.69, 9.17) is 5.73 Å². The number of amides is 1. The molecular weight excluding hydrogens is 346 g/mol. The van der Waals surface area contributed by atoms with E-state index in [-0.39, 0.29) is 27.5 Å². The zero-order valence-corrected chi connectivity index (χ0v) is 14.9. The third-order valence-electron chi connectivity index (χ3n) is 3.46. The van der Waals surface area contributed by atoms with Crippen LogP contribution in [0.3, 0.4) is 0 Å². The average Bonchev–Trinajstić information content (AvgIpc) is 2.91. The van der Waals surface area contributed by atoms with Gasteiger partial charge >= 0.3 is 0 Å². The first-order valence-corrected chi connectivity index (χ1v) is 9.20. The number of nitrogens with zero attached hydrogens (tertiary/aromatic N) is 3. The van der Waals surface area contributed by atoms with Gasteiger partial charge < -0.3 is 11.1 Å². The van der Waals surface area contributed by atoms with E-state index in [1.165, 1.54) is 25.1 Å². The summed E-state index contributed by atoms with van der Waals surface area (Å²) in [7, 11) is -2.06. The average molecular weight is 368 g/mol. The summed E-state index contributed by atoms with van der Waals surface area (Å²) in [6.07, 6.45) is 5.85. The van der Waals surface area contributed by atoms with Crippen LogP contribution in [0.25, 0.3) is 0 Å². The van der Waals surface area contributed by atoms with Gasteiger partial charge in [0.25, 0.3) is 10.0 Å². The van der Waals surface area contributed by atoms with Crippen LogP contribution in [0.15, 0.2) is 36.9 Å². The molecule has 0 radical (unpaired) electrons. The molecule has 25 heavy (non-hydrogen) atoms. The maximum Gasteiger partial charge on any atom is 0.257 e. The number of carbonyl (C=O) groups is 1. The number of rotatable bonds is 7. The second-order valence-corrected chi connectivity index (χ2v) is 7.60. The van der Waals surface area contributed by atoms with Gasteiger partial charge in [-0.2, -0.15) is 0 Å². The summed E-state index contributed by atoms with van der Waals surface area (Å²) in [5.74, 6) is -0.516. The summed E-state index contributed by atoms with van der Waals surface area (Å²) in [4.78, 5) is 11.0. The summed E-state index contributed by atoms with van der Waals surface area (Å²) < 4.78 is 28.5. The summed E-state index contributed by atoms with van der Waals surface area (Å²) in [6.45, 7) is 1.85. The van der Waals surface area contributed by atoms with Crippen LogP contribution in [0.2, 0.25) is 0 Å². The molecule has 0 aliphatic carbocycles. The molecule has 1 amide bonds. The highest BCUT2D eigenvalue weighted by atomic mass is 32.2. The molecule has 0 bridgehead atoms. The Morgan fingerprint density at radius 1 is 1.44 bits per heavy atom. The number of anilines is 3. The molecule has 0 spiro atoms. The number of hydrogen-bond acceptors (Lipinski definition) is 5. The zero-order chi connectivity index (χ0) is 18.6. The van der Waals surface area contributed by atoms with Crippen LogP contribution in [0.1, 0.15) is 13.3 Å². The lowest BCUT2D eigenvalue weighted by atomic mass is 10.2. The SMILES string of the molecule is CC(=O)Nc1ccc(N(O)S(=O)(=O)CCCn2cc[n+](C)c2)c(N)c1. The Kier molecular flexibility index (Phi) is 5.65. The predicted molar refractivity (Wildman–Crippen MR) is 93.4 cm³/mol. The van der Waals surface area contributed by atoms with E-state index >= 15 is 0 Å². The summed E-state index contributed by atoms with van der Waals surface area (Å²) in [5, 5.41) is 12.6. The Labute approximate surface area is 146 Å². The zero-order valence-electron chi connectivity index (χ0n) is 14.1. The molecule has 10 heteroatoms. The maximum absolute atomic E-state index is 12.3. The highest BCUT2D eigenvalue weighted by molar-refractivity contribution is 7.92. The number of nitrogens with two attached hydrogens (primary N) is 1. The quantitative estimate of drug-likeness (QED) is 0.373. The van der Waals surface area contributed by atoms with E-state index in [1.54, 1.807) is 0 Å². The van der Waals surface area contributed by atoms with E-state index in [1.807, 2.05) is 34.9 Å². The van der Waals surface area contributed by atoms with Gasteiger partial charge in [-0.3, -0.25) is 10.0 Å². The number of nitrogens with one attached hydrogen (secondary N) is 1. The lowest BCUT2D eigenvalue weighted by Crippen LogP contribution is -2.31. The molecule has 1 aromatic heterocycles. The largest absolute Gasteiger partial charge is 0.397 e. The van der Waals surface area contributed by atoms with E-state index in [0.29, 0.717) is 18.7 Å². The van der Waals surface area contributed by atoms with Crippen molar-refractivity contribution in [2.75, 3.05) is 21.3 Å². The Morgan fingerprint density at radius 2 is 2.16 bits per heavy atom. The van der Waals surface area contributed by atoms with Gasteiger partial charge in [-0.15, -0.1) is 4.47 Å². The number of carbonyl (C=O) groups excluding carboxylic acids is 1. The first-order valence-electron chi connectivity index (χ1n) is 7.59. The number of aryl methyl sites for hydroxylation is 2. The summed E-state index contributed by atoms with van der Waals surface area (Å²) in [6, 6.07) is 4.19. The van der Waals surface area contributed by atoms with Crippen LogP contribution in [0, 0.1) is 0 Å². The number of benzene rings is 1. The van der Waals surface area contributed by atoms with Gasteiger partial charge in [0.05, 0.1) is 25.0 Å². The fourth-order valence-electron chi connectivity index (χ4n) is 2.31. The molecule has 136 valence electrons. The molecule has 0 aliphatic heterocycles. The smallest absolute Gasteiger partial charge is 0.257 e. The van der Waals surface area contributed by atoms with E-state index < -0.39 is 10.0 Å². The number of nitrogen functional groups attached to an aromatic ring is 1. The monoisotopic (exact) mass is 368 g/mol. The minimum atomic E-state index is -3.93. The third kappa shape index (κ3) is 4.94. The van der Waals surface area contributed by atoms with E-state index in [0.717, 1.165) is 0 Å². The summed E-state index contributed by atoms with van der Waals surface area (Å²) >= 11 is 0. The molecule has 9 nitrogen and oxygen atoms in total.